The quantitative estimate of drug-likeness (QED) is 0.794. The molecule has 0 aromatic heterocycles. The molecule has 1 saturated heterocycles. The number of carbonyl (C=O) groups is 1. The second-order valence-corrected chi connectivity index (χ2v) is 6.15. The van der Waals surface area contributed by atoms with E-state index in [4.69, 9.17) is 0 Å². The lowest BCUT2D eigenvalue weighted by Gasteiger charge is -2.17. The molecule has 0 spiro atoms. The maximum Gasteiger partial charge on any atom is 0.416 e. The first-order valence-electron chi connectivity index (χ1n) is 7.54. The summed E-state index contributed by atoms with van der Waals surface area (Å²) in [6.07, 6.45) is -0.366. The fourth-order valence-corrected chi connectivity index (χ4v) is 2.75. The Balaban J connectivity index is 1.91. The van der Waals surface area contributed by atoms with E-state index in [1.165, 1.54) is 18.2 Å². The molecule has 1 aromatic rings. The van der Waals surface area contributed by atoms with E-state index in [1.54, 1.807) is 11.0 Å². The predicted molar refractivity (Wildman–Crippen MR) is 83.7 cm³/mol. The molecule has 1 aliphatic heterocycles. The highest BCUT2D eigenvalue weighted by molar-refractivity contribution is 5.91. The Morgan fingerprint density at radius 3 is 2.52 bits per heavy atom. The number of hydrogen-bond donors (Lipinski definition) is 0. The van der Waals surface area contributed by atoms with E-state index in [9.17, 15) is 18.0 Å². The second-order valence-electron chi connectivity index (χ2n) is 6.15. The minimum absolute atomic E-state index is 0.0915. The summed E-state index contributed by atoms with van der Waals surface area (Å²) in [5.74, 6) is 0.388. The van der Waals surface area contributed by atoms with Crippen molar-refractivity contribution < 1.29 is 18.0 Å². The number of nitrogens with zero attached hydrogens (tertiary/aromatic N) is 2. The van der Waals surface area contributed by atoms with Gasteiger partial charge < -0.3 is 9.80 Å². The van der Waals surface area contributed by atoms with Crippen molar-refractivity contribution in [3.8, 4) is 0 Å². The summed E-state index contributed by atoms with van der Waals surface area (Å²) in [6, 6.07) is 4.77. The van der Waals surface area contributed by atoms with Gasteiger partial charge in [0.2, 0.25) is 5.91 Å². The predicted octanol–water partition coefficient (Wildman–Crippen LogP) is 3.13. The zero-order chi connectivity index (χ0) is 17.0. The average molecular weight is 326 g/mol. The smallest absolute Gasteiger partial charge is 0.339 e. The zero-order valence-corrected chi connectivity index (χ0v) is 13.3. The van der Waals surface area contributed by atoms with E-state index in [0.717, 1.165) is 38.2 Å². The molecule has 0 N–H and O–H groups in total. The van der Waals surface area contributed by atoms with Crippen molar-refractivity contribution >= 4 is 12.0 Å². The van der Waals surface area contributed by atoms with E-state index in [2.05, 4.69) is 4.90 Å². The van der Waals surface area contributed by atoms with Gasteiger partial charge in [-0.2, -0.15) is 13.2 Å². The molecule has 1 aromatic carbocycles. The fraction of sp³-hybridized carbons (Fsp3) is 0.471. The molecule has 0 unspecified atom stereocenters. The van der Waals surface area contributed by atoms with E-state index in [1.807, 2.05) is 14.1 Å². The van der Waals surface area contributed by atoms with Crippen molar-refractivity contribution in [2.45, 2.75) is 12.6 Å². The number of hydrogen-bond acceptors (Lipinski definition) is 2. The lowest BCUT2D eigenvalue weighted by molar-refractivity contribution is -0.137. The minimum atomic E-state index is -4.34. The number of amides is 1. The molecule has 0 bridgehead atoms. The standard InChI is InChI=1S/C17H21F3N2O/c1-21(2)11-14-9-10-22(12-14)16(23)8-5-13-3-6-15(7-4-13)17(18,19)20/h3-8,14H,9-12H2,1-2H3/b8-5-/t14-/m0/s1. The molecule has 1 fully saturated rings. The fourth-order valence-electron chi connectivity index (χ4n) is 2.75. The van der Waals surface area contributed by atoms with Gasteiger partial charge in [-0.05, 0) is 50.2 Å². The third-order valence-electron chi connectivity index (χ3n) is 3.88. The molecule has 6 heteroatoms. The van der Waals surface area contributed by atoms with Gasteiger partial charge in [-0.1, -0.05) is 12.1 Å². The van der Waals surface area contributed by atoms with Crippen LogP contribution >= 0.6 is 0 Å². The van der Waals surface area contributed by atoms with Crippen molar-refractivity contribution in [1.82, 2.24) is 9.80 Å². The van der Waals surface area contributed by atoms with Gasteiger partial charge in [0, 0.05) is 25.7 Å². The number of carbonyl (C=O) groups excluding carboxylic acids is 1. The molecule has 1 amide bonds. The second kappa shape index (κ2) is 7.17. The number of halogens is 3. The molecule has 126 valence electrons. The summed E-state index contributed by atoms with van der Waals surface area (Å²) in [5.41, 5.74) is -0.109. The largest absolute Gasteiger partial charge is 0.416 e. The van der Waals surface area contributed by atoms with Gasteiger partial charge >= 0.3 is 6.18 Å². The van der Waals surface area contributed by atoms with E-state index < -0.39 is 11.7 Å². The zero-order valence-electron chi connectivity index (χ0n) is 13.3. The van der Waals surface area contributed by atoms with E-state index >= 15 is 0 Å². The van der Waals surface area contributed by atoms with Gasteiger partial charge in [0.15, 0.2) is 0 Å². The summed E-state index contributed by atoms with van der Waals surface area (Å²) in [5, 5.41) is 0. The summed E-state index contributed by atoms with van der Waals surface area (Å²) in [7, 11) is 4.02. The first-order chi connectivity index (χ1) is 10.8. The topological polar surface area (TPSA) is 23.6 Å². The maximum absolute atomic E-state index is 12.5. The lowest BCUT2D eigenvalue weighted by Crippen LogP contribution is -2.29. The van der Waals surface area contributed by atoms with E-state index in [0.29, 0.717) is 11.5 Å². The summed E-state index contributed by atoms with van der Waals surface area (Å²) < 4.78 is 37.4. The highest BCUT2D eigenvalue weighted by Gasteiger charge is 2.30. The van der Waals surface area contributed by atoms with Crippen LogP contribution in [0.15, 0.2) is 30.3 Å². The normalized spacial score (nSPS) is 19.0. The van der Waals surface area contributed by atoms with Gasteiger partial charge in [0.05, 0.1) is 5.56 Å². The molecule has 0 saturated carbocycles. The highest BCUT2D eigenvalue weighted by atomic mass is 19.4. The van der Waals surface area contributed by atoms with Crippen LogP contribution in [0, 0.1) is 5.92 Å². The molecule has 2 rings (SSSR count). The Kier molecular flexibility index (Phi) is 5.46. The van der Waals surface area contributed by atoms with Crippen molar-refractivity contribution in [1.29, 1.82) is 0 Å². The first kappa shape index (κ1) is 17.5. The summed E-state index contributed by atoms with van der Waals surface area (Å²) in [4.78, 5) is 16.0. The van der Waals surface area contributed by atoms with Crippen LogP contribution in [0.5, 0.6) is 0 Å². The van der Waals surface area contributed by atoms with Crippen LogP contribution < -0.4 is 0 Å². The van der Waals surface area contributed by atoms with Gasteiger partial charge in [0.25, 0.3) is 0 Å². The van der Waals surface area contributed by atoms with Crippen LogP contribution in [0.3, 0.4) is 0 Å². The van der Waals surface area contributed by atoms with Crippen LogP contribution in [0.4, 0.5) is 13.2 Å². The highest BCUT2D eigenvalue weighted by Crippen LogP contribution is 2.29. The number of rotatable bonds is 4. The van der Waals surface area contributed by atoms with Crippen LogP contribution in [0.1, 0.15) is 17.5 Å². The number of likely N-dealkylation sites (tertiary alicyclic amines) is 1. The molecule has 1 heterocycles. The van der Waals surface area contributed by atoms with E-state index in [-0.39, 0.29) is 5.91 Å². The third kappa shape index (κ3) is 5.10. The van der Waals surface area contributed by atoms with Crippen molar-refractivity contribution in [3.63, 3.8) is 0 Å². The minimum Gasteiger partial charge on any atom is -0.339 e. The molecule has 0 aliphatic carbocycles. The Labute approximate surface area is 134 Å². The molecule has 1 atom stereocenters. The van der Waals surface area contributed by atoms with Gasteiger partial charge in [-0.25, -0.2) is 0 Å². The van der Waals surface area contributed by atoms with Gasteiger partial charge in [0.1, 0.15) is 0 Å². The molecule has 1 aliphatic rings. The third-order valence-corrected chi connectivity index (χ3v) is 3.88. The number of benzene rings is 1. The Morgan fingerprint density at radius 2 is 1.96 bits per heavy atom. The van der Waals surface area contributed by atoms with Crippen molar-refractivity contribution in [3.05, 3.63) is 41.5 Å². The van der Waals surface area contributed by atoms with Crippen LogP contribution in [0.2, 0.25) is 0 Å². The van der Waals surface area contributed by atoms with Gasteiger partial charge in [-0.15, -0.1) is 0 Å². The average Bonchev–Trinajstić information content (AvgIpc) is 2.92. The monoisotopic (exact) mass is 326 g/mol. The molecule has 3 nitrogen and oxygen atoms in total. The molecule has 0 radical (unpaired) electrons. The lowest BCUT2D eigenvalue weighted by atomic mass is 10.1. The van der Waals surface area contributed by atoms with Gasteiger partial charge in [-0.3, -0.25) is 4.79 Å². The Bertz CT molecular complexity index is 564. The number of alkyl halides is 3. The Morgan fingerprint density at radius 1 is 1.30 bits per heavy atom. The van der Waals surface area contributed by atoms with Crippen molar-refractivity contribution in [2.75, 3.05) is 33.7 Å². The van der Waals surface area contributed by atoms with Crippen LogP contribution in [0.25, 0.3) is 6.08 Å². The SMILES string of the molecule is CN(C)C[C@@H]1CCN(C(=O)/C=C\c2ccc(C(F)(F)F)cc2)C1. The maximum atomic E-state index is 12.5. The molecular formula is C17H21F3N2O. The van der Waals surface area contributed by atoms with Crippen molar-refractivity contribution in [2.24, 2.45) is 5.92 Å². The summed E-state index contributed by atoms with van der Waals surface area (Å²) in [6.45, 7) is 2.41. The molecule has 23 heavy (non-hydrogen) atoms. The Hall–Kier alpha value is -1.82. The summed E-state index contributed by atoms with van der Waals surface area (Å²) >= 11 is 0. The van der Waals surface area contributed by atoms with Crippen LogP contribution in [-0.4, -0.2) is 49.4 Å². The first-order valence-corrected chi connectivity index (χ1v) is 7.54. The molecular weight excluding hydrogens is 305 g/mol. The van der Waals surface area contributed by atoms with Crippen LogP contribution in [-0.2, 0) is 11.0 Å².